The molecule has 1 aliphatic heterocycles. The monoisotopic (exact) mass is 126 g/mol. The topological polar surface area (TPSA) is 52.6 Å². The first-order valence-electron chi connectivity index (χ1n) is 2.18. The Morgan fingerprint density at radius 3 is 2.00 bits per heavy atom. The van der Waals surface area contributed by atoms with Gasteiger partial charge in [0.2, 0.25) is 0 Å². The van der Waals surface area contributed by atoms with Gasteiger partial charge in [-0.25, -0.2) is 0 Å². The summed E-state index contributed by atoms with van der Waals surface area (Å²) in [5, 5.41) is 0. The lowest BCUT2D eigenvalue weighted by molar-refractivity contribution is -0.145. The van der Waals surface area contributed by atoms with Gasteiger partial charge >= 0.3 is 11.9 Å². The smallest absolute Gasteiger partial charge is 0.331 e. The third kappa shape index (κ3) is 1.46. The van der Waals surface area contributed by atoms with Crippen LogP contribution in [0.2, 0.25) is 0 Å². The Kier molecular flexibility index (Phi) is 1.36. The summed E-state index contributed by atoms with van der Waals surface area (Å²) in [6, 6.07) is 0. The average molecular weight is 126 g/mol. The first-order valence-corrected chi connectivity index (χ1v) is 2.18. The molecule has 0 aromatic rings. The van der Waals surface area contributed by atoms with Crippen LogP contribution < -0.4 is 0 Å². The van der Waals surface area contributed by atoms with Crippen LogP contribution >= 0.6 is 0 Å². The molecular formula is C5H2O4. The van der Waals surface area contributed by atoms with E-state index in [1.165, 1.54) is 0 Å². The van der Waals surface area contributed by atoms with Crippen molar-refractivity contribution >= 4 is 11.9 Å². The van der Waals surface area contributed by atoms with Crippen LogP contribution in [0.25, 0.3) is 0 Å². The van der Waals surface area contributed by atoms with Gasteiger partial charge in [0.05, 0.1) is 0 Å². The summed E-state index contributed by atoms with van der Waals surface area (Å²) in [5.41, 5.74) is 0. The highest BCUT2D eigenvalue weighted by atomic mass is 16.6. The molecule has 0 N–H and O–H groups in total. The molecule has 0 saturated carbocycles. The molecule has 0 aromatic carbocycles. The highest BCUT2D eigenvalue weighted by Crippen LogP contribution is 1.92. The summed E-state index contributed by atoms with van der Waals surface area (Å²) in [4.78, 5) is 20.5. The van der Waals surface area contributed by atoms with Gasteiger partial charge in [0.15, 0.2) is 12.2 Å². The second-order valence-electron chi connectivity index (χ2n) is 1.33. The van der Waals surface area contributed by atoms with E-state index in [0.717, 1.165) is 0 Å². The van der Waals surface area contributed by atoms with E-state index in [-0.39, 0.29) is 6.42 Å². The maximum absolute atomic E-state index is 10.3. The fraction of sp³-hybridized carbons (Fsp3) is 0.200. The molecule has 0 saturated heterocycles. The van der Waals surface area contributed by atoms with Gasteiger partial charge in [0.1, 0.15) is 6.42 Å². The van der Waals surface area contributed by atoms with Crippen molar-refractivity contribution in [3.63, 3.8) is 0 Å². The number of ether oxygens (including phenoxy) is 2. The summed E-state index contributed by atoms with van der Waals surface area (Å²) in [7, 11) is 0. The van der Waals surface area contributed by atoms with E-state index in [1.54, 1.807) is 0 Å². The van der Waals surface area contributed by atoms with Crippen LogP contribution in [-0.4, -0.2) is 11.9 Å². The van der Waals surface area contributed by atoms with Crippen molar-refractivity contribution in [3.8, 4) is 12.2 Å². The maximum Gasteiger partial charge on any atom is 0.331 e. The minimum absolute atomic E-state index is 0.375. The normalized spacial score (nSPS) is 16.4. The van der Waals surface area contributed by atoms with Crippen LogP contribution in [0, 0.1) is 12.2 Å². The highest BCUT2D eigenvalue weighted by molar-refractivity contribution is 5.92. The van der Waals surface area contributed by atoms with Crippen molar-refractivity contribution in [2.24, 2.45) is 0 Å². The van der Waals surface area contributed by atoms with Gasteiger partial charge in [-0.3, -0.25) is 9.59 Å². The summed E-state index contributed by atoms with van der Waals surface area (Å²) < 4.78 is 8.25. The van der Waals surface area contributed by atoms with Gasteiger partial charge in [-0.15, -0.1) is 0 Å². The molecule has 0 aliphatic carbocycles. The standard InChI is InChI=1S/C5H2O4/c6-4-3-5(7)9-2-1-8-4/h3H2. The zero-order valence-electron chi connectivity index (χ0n) is 4.34. The molecule has 1 rings (SSSR count). The number of carbonyl (C=O) groups is 2. The number of esters is 2. The third-order valence-electron chi connectivity index (χ3n) is 0.660. The number of hydrogen-bond acceptors (Lipinski definition) is 4. The molecule has 4 nitrogen and oxygen atoms in total. The van der Waals surface area contributed by atoms with E-state index in [4.69, 9.17) is 0 Å². The van der Waals surface area contributed by atoms with Gasteiger partial charge < -0.3 is 9.47 Å². The van der Waals surface area contributed by atoms with Crippen LogP contribution in [0.1, 0.15) is 6.42 Å². The van der Waals surface area contributed by atoms with Gasteiger partial charge in [-0.2, -0.15) is 0 Å². The molecule has 0 fully saturated rings. The summed E-state index contributed by atoms with van der Waals surface area (Å²) in [6.45, 7) is 0. The lowest BCUT2D eigenvalue weighted by Crippen LogP contribution is -2.06. The molecule has 4 heteroatoms. The molecule has 0 unspecified atom stereocenters. The van der Waals surface area contributed by atoms with Gasteiger partial charge in [0, 0.05) is 0 Å². The number of hydrogen-bond donors (Lipinski definition) is 0. The second kappa shape index (κ2) is 2.18. The molecule has 0 atom stereocenters. The molecule has 1 aliphatic rings. The second-order valence-corrected chi connectivity index (χ2v) is 1.33. The number of carbonyl (C=O) groups excluding carboxylic acids is 2. The van der Waals surface area contributed by atoms with Crippen LogP contribution in [0.4, 0.5) is 0 Å². The van der Waals surface area contributed by atoms with Crippen molar-refractivity contribution in [1.82, 2.24) is 0 Å². The Hall–Kier alpha value is -1.50. The van der Waals surface area contributed by atoms with Gasteiger partial charge in [-0.05, 0) is 0 Å². The van der Waals surface area contributed by atoms with Crippen molar-refractivity contribution in [3.05, 3.63) is 0 Å². The van der Waals surface area contributed by atoms with Crippen molar-refractivity contribution in [2.75, 3.05) is 0 Å². The third-order valence-corrected chi connectivity index (χ3v) is 0.660. The fourth-order valence-corrected chi connectivity index (χ4v) is 0.346. The van der Waals surface area contributed by atoms with E-state index >= 15 is 0 Å². The van der Waals surface area contributed by atoms with Crippen LogP contribution in [-0.2, 0) is 19.1 Å². The van der Waals surface area contributed by atoms with Crippen LogP contribution in [0.3, 0.4) is 0 Å². The predicted octanol–water partition coefficient (Wildman–Crippen LogP) is -0.605. The summed E-state index contributed by atoms with van der Waals surface area (Å²) in [6.07, 6.45) is 3.39. The average Bonchev–Trinajstić information content (AvgIpc) is 1.93. The molecule has 0 amide bonds. The molecule has 46 valence electrons. The largest absolute Gasteiger partial charge is 0.368 e. The summed E-state index contributed by atoms with van der Waals surface area (Å²) in [5.74, 6) is -1.35. The molecule has 0 radical (unpaired) electrons. The first kappa shape index (κ1) is 5.63. The quantitative estimate of drug-likeness (QED) is 0.247. The summed E-state index contributed by atoms with van der Waals surface area (Å²) >= 11 is 0. The molecule has 0 aromatic heterocycles. The lowest BCUT2D eigenvalue weighted by atomic mass is 10.4. The van der Waals surface area contributed by atoms with Gasteiger partial charge in [-0.1, -0.05) is 0 Å². The Bertz CT molecular complexity index is 187. The Morgan fingerprint density at radius 2 is 1.56 bits per heavy atom. The van der Waals surface area contributed by atoms with Crippen LogP contribution in [0.15, 0.2) is 0 Å². The number of cyclic esters (lactones) is 2. The van der Waals surface area contributed by atoms with E-state index < -0.39 is 11.9 Å². The molecule has 9 heavy (non-hydrogen) atoms. The Balaban J connectivity index is 2.65. The predicted molar refractivity (Wildman–Crippen MR) is 24.6 cm³/mol. The van der Waals surface area contributed by atoms with E-state index in [1.807, 2.05) is 12.2 Å². The zero-order chi connectivity index (χ0) is 6.69. The Labute approximate surface area is 50.7 Å². The minimum Gasteiger partial charge on any atom is -0.368 e. The van der Waals surface area contributed by atoms with E-state index in [0.29, 0.717) is 0 Å². The van der Waals surface area contributed by atoms with Gasteiger partial charge in [0.25, 0.3) is 0 Å². The van der Waals surface area contributed by atoms with E-state index in [2.05, 4.69) is 9.47 Å². The lowest BCUT2D eigenvalue weighted by Gasteiger charge is -1.87. The Morgan fingerprint density at radius 1 is 1.11 bits per heavy atom. The molecular weight excluding hydrogens is 124 g/mol. The van der Waals surface area contributed by atoms with Crippen molar-refractivity contribution in [1.29, 1.82) is 0 Å². The zero-order valence-corrected chi connectivity index (χ0v) is 4.34. The number of rotatable bonds is 0. The molecule has 0 spiro atoms. The highest BCUT2D eigenvalue weighted by Gasteiger charge is 2.13. The maximum atomic E-state index is 10.3. The molecule has 1 heterocycles. The van der Waals surface area contributed by atoms with Crippen molar-refractivity contribution < 1.29 is 19.1 Å². The van der Waals surface area contributed by atoms with E-state index in [9.17, 15) is 9.59 Å². The van der Waals surface area contributed by atoms with Crippen molar-refractivity contribution in [2.45, 2.75) is 6.42 Å². The SMILES string of the molecule is O=C1CC(=O)OC#CO1. The van der Waals surface area contributed by atoms with Crippen LogP contribution in [0.5, 0.6) is 0 Å². The molecule has 0 bridgehead atoms. The fourth-order valence-electron chi connectivity index (χ4n) is 0.346. The minimum atomic E-state index is -0.676. The first-order chi connectivity index (χ1) is 4.29.